The fourth-order valence-electron chi connectivity index (χ4n) is 2.71. The first-order valence-corrected chi connectivity index (χ1v) is 15.6. The van der Waals surface area contributed by atoms with Crippen molar-refractivity contribution in [1.29, 1.82) is 0 Å². The molecule has 0 saturated heterocycles. The highest BCUT2D eigenvalue weighted by atomic mass is 32.2. The van der Waals surface area contributed by atoms with Gasteiger partial charge in [0, 0.05) is 44.6 Å². The van der Waals surface area contributed by atoms with Crippen molar-refractivity contribution in [3.8, 4) is 11.1 Å². The highest BCUT2D eigenvalue weighted by Crippen LogP contribution is 2.28. The molecule has 1 N–H and O–H groups in total. The summed E-state index contributed by atoms with van der Waals surface area (Å²) in [4.78, 5) is 11.1. The topological polar surface area (TPSA) is 103 Å². The van der Waals surface area contributed by atoms with Crippen LogP contribution in [0.3, 0.4) is 0 Å². The second-order valence-electron chi connectivity index (χ2n) is 8.59. The van der Waals surface area contributed by atoms with Crippen LogP contribution in [0.5, 0.6) is 0 Å². The molecule has 0 atom stereocenters. The first kappa shape index (κ1) is 23.6. The Morgan fingerprint density at radius 3 is 2.50 bits per heavy atom. The van der Waals surface area contributed by atoms with Gasteiger partial charge in [-0.1, -0.05) is 31.8 Å². The number of hydrogen-bond acceptors (Lipinski definition) is 7. The number of aromatic nitrogens is 4. The van der Waals surface area contributed by atoms with Crippen LogP contribution in [0.2, 0.25) is 25.7 Å². The Morgan fingerprint density at radius 1 is 1.16 bits per heavy atom. The Balaban J connectivity index is 1.68. The summed E-state index contributed by atoms with van der Waals surface area (Å²) in [6.45, 7) is 15.4. The Labute approximate surface area is 189 Å². The minimum atomic E-state index is -3.58. The number of anilines is 2. The van der Waals surface area contributed by atoms with Crippen LogP contribution < -0.4 is 5.32 Å². The second kappa shape index (κ2) is 9.60. The van der Waals surface area contributed by atoms with Crippen LogP contribution in [0.15, 0.2) is 48.0 Å². The molecule has 9 nitrogen and oxygen atoms in total. The van der Waals surface area contributed by atoms with Gasteiger partial charge in [-0.05, 0) is 23.7 Å². The second-order valence-corrected chi connectivity index (χ2v) is 16.1. The number of sulfone groups is 1. The molecule has 2 aromatic heterocycles. The van der Waals surface area contributed by atoms with Crippen molar-refractivity contribution < 1.29 is 13.2 Å². The summed E-state index contributed by atoms with van der Waals surface area (Å²) < 4.78 is 30.9. The maximum absolute atomic E-state index is 11.7. The van der Waals surface area contributed by atoms with Gasteiger partial charge in [0.25, 0.3) is 0 Å². The maximum atomic E-state index is 11.7. The third-order valence-corrected chi connectivity index (χ3v) is 7.10. The molecule has 0 aliphatic carbocycles. The van der Waals surface area contributed by atoms with Gasteiger partial charge in [0.1, 0.15) is 12.5 Å². The number of ether oxygens (including phenoxy) is 1. The highest BCUT2D eigenvalue weighted by Gasteiger charge is 2.15. The van der Waals surface area contributed by atoms with Crippen molar-refractivity contribution in [3.05, 3.63) is 54.3 Å². The van der Waals surface area contributed by atoms with E-state index in [0.29, 0.717) is 12.4 Å². The van der Waals surface area contributed by atoms with E-state index in [1.165, 1.54) is 6.20 Å². The van der Waals surface area contributed by atoms with E-state index < -0.39 is 17.9 Å². The summed E-state index contributed by atoms with van der Waals surface area (Å²) in [5.74, 6) is 0.145. The molecular formula is C21H26N6O3SSi. The lowest BCUT2D eigenvalue weighted by Gasteiger charge is -2.15. The number of nitrogens with zero attached hydrogens (tertiary/aromatic N) is 5. The standard InChI is InChI=1S/C21H26N6O3SSi/c1-22-19-13-23-21(31(2,28)29)26-20(19)25-18-8-6-16(7-9-18)17-12-24-27(14-17)15-30-10-11-32(3,4)5/h6-9,12-14H,10-11,15H2,2-5H3,(H,23,25,26). The van der Waals surface area contributed by atoms with E-state index in [-0.39, 0.29) is 16.7 Å². The maximum Gasteiger partial charge on any atom is 0.246 e. The fraction of sp³-hybridized carbons (Fsp3) is 0.333. The Morgan fingerprint density at radius 2 is 1.88 bits per heavy atom. The van der Waals surface area contributed by atoms with Gasteiger partial charge in [-0.15, -0.1) is 0 Å². The third kappa shape index (κ3) is 6.46. The SMILES string of the molecule is [C-]#[N+]c1cnc(S(C)(=O)=O)nc1Nc1ccc(-c2cnn(COCC[Si](C)(C)C)c2)cc1. The average Bonchev–Trinajstić information content (AvgIpc) is 3.19. The molecule has 2 heterocycles. The molecule has 168 valence electrons. The van der Waals surface area contributed by atoms with E-state index in [1.807, 2.05) is 30.5 Å². The zero-order valence-electron chi connectivity index (χ0n) is 18.5. The largest absolute Gasteiger partial charge is 0.360 e. The van der Waals surface area contributed by atoms with Crippen molar-refractivity contribution in [2.24, 2.45) is 0 Å². The molecule has 0 radical (unpaired) electrons. The van der Waals surface area contributed by atoms with Gasteiger partial charge in [0.2, 0.25) is 20.7 Å². The van der Waals surface area contributed by atoms with Gasteiger partial charge in [-0.25, -0.2) is 27.9 Å². The van der Waals surface area contributed by atoms with Crippen LogP contribution in [-0.2, 0) is 21.3 Å². The van der Waals surface area contributed by atoms with Gasteiger partial charge < -0.3 is 10.1 Å². The van der Waals surface area contributed by atoms with Crippen LogP contribution in [0.1, 0.15) is 0 Å². The summed E-state index contributed by atoms with van der Waals surface area (Å²) in [5, 5.41) is 7.02. The number of rotatable bonds is 9. The Kier molecular flexibility index (Phi) is 7.08. The zero-order valence-corrected chi connectivity index (χ0v) is 20.3. The van der Waals surface area contributed by atoms with E-state index in [1.54, 1.807) is 10.9 Å². The smallest absolute Gasteiger partial charge is 0.246 e. The van der Waals surface area contributed by atoms with E-state index in [0.717, 1.165) is 30.0 Å². The molecule has 1 aromatic carbocycles. The number of nitrogens with one attached hydrogen (secondary N) is 1. The summed E-state index contributed by atoms with van der Waals surface area (Å²) in [6, 6.07) is 8.58. The van der Waals surface area contributed by atoms with Crippen LogP contribution >= 0.6 is 0 Å². The zero-order chi connectivity index (χ0) is 23.4. The molecule has 3 rings (SSSR count). The normalized spacial score (nSPS) is 11.8. The van der Waals surface area contributed by atoms with Crippen LogP contribution in [0, 0.1) is 6.57 Å². The van der Waals surface area contributed by atoms with Crippen molar-refractivity contribution in [2.75, 3.05) is 18.2 Å². The summed E-state index contributed by atoms with van der Waals surface area (Å²) in [5.41, 5.74) is 2.72. The summed E-state index contributed by atoms with van der Waals surface area (Å²) >= 11 is 0. The molecule has 0 unspecified atom stereocenters. The Hall–Kier alpha value is -3.07. The van der Waals surface area contributed by atoms with Gasteiger partial charge in [-0.3, -0.25) is 0 Å². The molecule has 0 fully saturated rings. The van der Waals surface area contributed by atoms with Crippen molar-refractivity contribution in [1.82, 2.24) is 19.7 Å². The minimum absolute atomic E-state index is 0.136. The molecule has 0 aliphatic rings. The van der Waals surface area contributed by atoms with Gasteiger partial charge in [0.05, 0.1) is 12.8 Å². The van der Waals surface area contributed by atoms with Crippen molar-refractivity contribution in [3.63, 3.8) is 0 Å². The Bertz CT molecular complexity index is 1230. The van der Waals surface area contributed by atoms with Crippen molar-refractivity contribution in [2.45, 2.75) is 37.6 Å². The molecular weight excluding hydrogens is 444 g/mol. The predicted octanol–water partition coefficient (Wildman–Crippen LogP) is 4.35. The van der Waals surface area contributed by atoms with E-state index >= 15 is 0 Å². The lowest BCUT2D eigenvalue weighted by atomic mass is 10.1. The predicted molar refractivity (Wildman–Crippen MR) is 126 cm³/mol. The lowest BCUT2D eigenvalue weighted by Crippen LogP contribution is -2.22. The van der Waals surface area contributed by atoms with E-state index in [2.05, 4.69) is 44.9 Å². The molecule has 0 saturated carbocycles. The van der Waals surface area contributed by atoms with Crippen molar-refractivity contribution >= 4 is 35.1 Å². The highest BCUT2D eigenvalue weighted by molar-refractivity contribution is 7.90. The summed E-state index contributed by atoms with van der Waals surface area (Å²) in [6.07, 6.45) is 5.93. The van der Waals surface area contributed by atoms with Gasteiger partial charge in [-0.2, -0.15) is 5.10 Å². The molecule has 0 spiro atoms. The third-order valence-electron chi connectivity index (χ3n) is 4.53. The molecule has 0 aliphatic heterocycles. The molecule has 32 heavy (non-hydrogen) atoms. The van der Waals surface area contributed by atoms with E-state index in [4.69, 9.17) is 11.3 Å². The first-order valence-electron chi connectivity index (χ1n) is 9.97. The number of benzene rings is 1. The van der Waals surface area contributed by atoms with Crippen LogP contribution in [-0.4, -0.2) is 49.1 Å². The average molecular weight is 471 g/mol. The van der Waals surface area contributed by atoms with Gasteiger partial charge in [0.15, 0.2) is 0 Å². The first-order chi connectivity index (χ1) is 15.0. The van der Waals surface area contributed by atoms with Gasteiger partial charge >= 0.3 is 0 Å². The lowest BCUT2D eigenvalue weighted by molar-refractivity contribution is 0.0786. The summed E-state index contributed by atoms with van der Waals surface area (Å²) in [7, 11) is -4.69. The molecule has 0 bridgehead atoms. The van der Waals surface area contributed by atoms with Crippen LogP contribution in [0.4, 0.5) is 17.2 Å². The number of hydrogen-bond donors (Lipinski definition) is 1. The minimum Gasteiger partial charge on any atom is -0.360 e. The molecule has 3 aromatic rings. The van der Waals surface area contributed by atoms with Crippen LogP contribution in [0.25, 0.3) is 16.0 Å². The molecule has 0 amide bonds. The quantitative estimate of drug-likeness (QED) is 0.215. The fourth-order valence-corrected chi connectivity index (χ4v) is 3.97. The monoisotopic (exact) mass is 470 g/mol. The molecule has 11 heteroatoms. The van der Waals surface area contributed by atoms with E-state index in [9.17, 15) is 8.42 Å².